The number of nitrogens with one attached hydrogen (secondary N) is 1. The fourth-order valence-corrected chi connectivity index (χ4v) is 3.68. The summed E-state index contributed by atoms with van der Waals surface area (Å²) in [5, 5.41) is 12.4. The zero-order valence-corrected chi connectivity index (χ0v) is 20.8. The van der Waals surface area contributed by atoms with Crippen LogP contribution in [0.25, 0.3) is 0 Å². The minimum atomic E-state index is 0. The first-order valence-corrected chi connectivity index (χ1v) is 10.8. The van der Waals surface area contributed by atoms with Crippen molar-refractivity contribution >= 4 is 41.5 Å². The van der Waals surface area contributed by atoms with Crippen LogP contribution in [0.15, 0.2) is 35.6 Å². The van der Waals surface area contributed by atoms with Crippen molar-refractivity contribution in [1.82, 2.24) is 25.0 Å². The Balaban J connectivity index is 0.00000320. The first kappa shape index (κ1) is 24.9. The van der Waals surface area contributed by atoms with E-state index in [-0.39, 0.29) is 30.1 Å². The quantitative estimate of drug-likeness (QED) is 0.310. The fourth-order valence-electron chi connectivity index (χ4n) is 3.46. The van der Waals surface area contributed by atoms with Crippen LogP contribution in [0.5, 0.6) is 0 Å². The zero-order valence-electron chi connectivity index (χ0n) is 17.8. The van der Waals surface area contributed by atoms with Crippen molar-refractivity contribution in [2.75, 3.05) is 26.7 Å². The summed E-state index contributed by atoms with van der Waals surface area (Å²) in [7, 11) is 2.05. The van der Waals surface area contributed by atoms with Crippen molar-refractivity contribution in [2.24, 2.45) is 4.99 Å². The van der Waals surface area contributed by atoms with Crippen LogP contribution >= 0.6 is 35.6 Å². The molecule has 1 aliphatic rings. The molecule has 166 valence electrons. The number of hydrogen-bond donors (Lipinski definition) is 1. The van der Waals surface area contributed by atoms with Gasteiger partial charge in [-0.15, -0.1) is 34.2 Å². The van der Waals surface area contributed by atoms with Crippen LogP contribution in [0, 0.1) is 0 Å². The highest BCUT2D eigenvalue weighted by Gasteiger charge is 2.15. The topological polar surface area (TPSA) is 67.6 Å². The van der Waals surface area contributed by atoms with Crippen molar-refractivity contribution < 1.29 is 4.74 Å². The molecule has 0 aliphatic carbocycles. The predicted molar refractivity (Wildman–Crippen MR) is 132 cm³/mol. The van der Waals surface area contributed by atoms with E-state index in [1.54, 1.807) is 6.33 Å². The summed E-state index contributed by atoms with van der Waals surface area (Å²) >= 11 is 6.14. The van der Waals surface area contributed by atoms with E-state index in [1.165, 1.54) is 6.42 Å². The molecule has 7 nitrogen and oxygen atoms in total. The molecule has 1 saturated heterocycles. The summed E-state index contributed by atoms with van der Waals surface area (Å²) in [4.78, 5) is 6.99. The Bertz CT molecular complexity index is 793. The Labute approximate surface area is 201 Å². The highest BCUT2D eigenvalue weighted by atomic mass is 127. The summed E-state index contributed by atoms with van der Waals surface area (Å²) in [5.74, 6) is 1.86. The molecule has 1 aromatic heterocycles. The Morgan fingerprint density at radius 3 is 3.00 bits per heavy atom. The van der Waals surface area contributed by atoms with E-state index in [2.05, 4.69) is 38.0 Å². The number of aromatic nitrogens is 3. The van der Waals surface area contributed by atoms with E-state index in [0.29, 0.717) is 6.54 Å². The maximum absolute atomic E-state index is 6.14. The monoisotopic (exact) mass is 546 g/mol. The number of hydrogen-bond acceptors (Lipinski definition) is 4. The second kappa shape index (κ2) is 13.1. The number of halogens is 2. The summed E-state index contributed by atoms with van der Waals surface area (Å²) in [5.41, 5.74) is 1.15. The van der Waals surface area contributed by atoms with Gasteiger partial charge in [-0.2, -0.15) is 0 Å². The van der Waals surface area contributed by atoms with Gasteiger partial charge in [0.25, 0.3) is 0 Å². The van der Waals surface area contributed by atoms with Gasteiger partial charge in [-0.1, -0.05) is 30.7 Å². The Kier molecular flexibility index (Phi) is 10.9. The van der Waals surface area contributed by atoms with Gasteiger partial charge >= 0.3 is 0 Å². The van der Waals surface area contributed by atoms with Crippen molar-refractivity contribution in [1.29, 1.82) is 0 Å². The number of aliphatic imine (C=N–C) groups is 1. The van der Waals surface area contributed by atoms with Crippen molar-refractivity contribution in [3.63, 3.8) is 0 Å². The molecule has 2 heterocycles. The van der Waals surface area contributed by atoms with Gasteiger partial charge in [-0.25, -0.2) is 0 Å². The third-order valence-electron chi connectivity index (χ3n) is 5.04. The standard InChI is InChI=1S/C21H31ClN6O.HI/c1-3-20-26-25-16-28(20)11-10-23-21(24-14-19-9-4-5-12-29-19)27(2)15-17-7-6-8-18(22)13-17;/h6-8,13,16,19H,3-5,9-12,14-15H2,1-2H3,(H,23,24);1H. The first-order chi connectivity index (χ1) is 14.2. The van der Waals surface area contributed by atoms with Gasteiger partial charge in [0.05, 0.1) is 12.6 Å². The van der Waals surface area contributed by atoms with Gasteiger partial charge in [-0.05, 0) is 37.0 Å². The Morgan fingerprint density at radius 2 is 2.27 bits per heavy atom. The lowest BCUT2D eigenvalue weighted by Crippen LogP contribution is -2.40. The van der Waals surface area contributed by atoms with Crippen LogP contribution in [-0.4, -0.2) is 58.5 Å². The van der Waals surface area contributed by atoms with Crippen molar-refractivity contribution in [2.45, 2.75) is 51.8 Å². The zero-order chi connectivity index (χ0) is 20.5. The molecular formula is C21H32ClIN6O. The summed E-state index contributed by atoms with van der Waals surface area (Å²) in [6.45, 7) is 5.87. The maximum atomic E-state index is 6.14. The van der Waals surface area contributed by atoms with Gasteiger partial charge in [0.15, 0.2) is 5.96 Å². The average molecular weight is 547 g/mol. The molecule has 1 fully saturated rings. The third kappa shape index (κ3) is 7.70. The van der Waals surface area contributed by atoms with E-state index in [0.717, 1.165) is 67.9 Å². The molecular weight excluding hydrogens is 515 g/mol. The highest BCUT2D eigenvalue weighted by Crippen LogP contribution is 2.14. The minimum absolute atomic E-state index is 0. The molecule has 0 saturated carbocycles. The molecule has 30 heavy (non-hydrogen) atoms. The van der Waals surface area contributed by atoms with E-state index in [4.69, 9.17) is 21.3 Å². The summed E-state index contributed by atoms with van der Waals surface area (Å²) < 4.78 is 7.92. The van der Waals surface area contributed by atoms with Gasteiger partial charge in [0.1, 0.15) is 12.2 Å². The van der Waals surface area contributed by atoms with Gasteiger partial charge < -0.3 is 19.5 Å². The molecule has 0 bridgehead atoms. The molecule has 1 aromatic carbocycles. The van der Waals surface area contributed by atoms with Crippen LogP contribution < -0.4 is 5.32 Å². The Hall–Kier alpha value is -1.39. The molecule has 0 amide bonds. The molecule has 1 aliphatic heterocycles. The average Bonchev–Trinajstić information content (AvgIpc) is 3.18. The molecule has 3 rings (SSSR count). The predicted octanol–water partition coefficient (Wildman–Crippen LogP) is 3.76. The third-order valence-corrected chi connectivity index (χ3v) is 5.27. The minimum Gasteiger partial charge on any atom is -0.376 e. The number of benzene rings is 1. The van der Waals surface area contributed by atoms with E-state index < -0.39 is 0 Å². The number of aryl methyl sites for hydroxylation is 1. The smallest absolute Gasteiger partial charge is 0.194 e. The number of guanidine groups is 1. The molecule has 1 unspecified atom stereocenters. The molecule has 2 aromatic rings. The van der Waals surface area contributed by atoms with Gasteiger partial charge in [-0.3, -0.25) is 4.99 Å². The molecule has 1 N–H and O–H groups in total. The molecule has 0 radical (unpaired) electrons. The van der Waals surface area contributed by atoms with Crippen LogP contribution in [0.2, 0.25) is 5.02 Å². The lowest BCUT2D eigenvalue weighted by atomic mass is 10.1. The maximum Gasteiger partial charge on any atom is 0.194 e. The molecule has 0 spiro atoms. The fraction of sp³-hybridized carbons (Fsp3) is 0.571. The van der Waals surface area contributed by atoms with Crippen LogP contribution in [0.4, 0.5) is 0 Å². The number of rotatable bonds is 8. The summed E-state index contributed by atoms with van der Waals surface area (Å²) in [6, 6.07) is 7.94. The van der Waals surface area contributed by atoms with Crippen molar-refractivity contribution in [3.05, 3.63) is 47.0 Å². The lowest BCUT2D eigenvalue weighted by molar-refractivity contribution is 0.0223. The van der Waals surface area contributed by atoms with Gasteiger partial charge in [0.2, 0.25) is 0 Å². The van der Waals surface area contributed by atoms with Crippen LogP contribution in [0.1, 0.15) is 37.6 Å². The van der Waals surface area contributed by atoms with Crippen LogP contribution in [0.3, 0.4) is 0 Å². The second-order valence-electron chi connectivity index (χ2n) is 7.36. The van der Waals surface area contributed by atoms with E-state index >= 15 is 0 Å². The SMILES string of the molecule is CCc1nncn1CCNC(=NCC1CCCCO1)N(C)Cc1cccc(Cl)c1.I. The molecule has 1 atom stereocenters. The van der Waals surface area contributed by atoms with Gasteiger partial charge in [0, 0.05) is 44.7 Å². The molecule has 9 heteroatoms. The summed E-state index contributed by atoms with van der Waals surface area (Å²) in [6.07, 6.45) is 6.31. The number of nitrogens with zero attached hydrogens (tertiary/aromatic N) is 5. The Morgan fingerprint density at radius 1 is 1.40 bits per heavy atom. The highest BCUT2D eigenvalue weighted by molar-refractivity contribution is 14.0. The van der Waals surface area contributed by atoms with Crippen molar-refractivity contribution in [3.8, 4) is 0 Å². The van der Waals surface area contributed by atoms with Crippen LogP contribution in [-0.2, 0) is 24.2 Å². The normalized spacial score (nSPS) is 16.8. The first-order valence-electron chi connectivity index (χ1n) is 10.4. The largest absolute Gasteiger partial charge is 0.376 e. The number of ether oxygens (including phenoxy) is 1. The second-order valence-corrected chi connectivity index (χ2v) is 7.80. The van der Waals surface area contributed by atoms with E-state index in [9.17, 15) is 0 Å². The van der Waals surface area contributed by atoms with E-state index in [1.807, 2.05) is 25.2 Å². The lowest BCUT2D eigenvalue weighted by Gasteiger charge is -2.25.